The maximum Gasteiger partial charge on any atom is 0.118 e. The first kappa shape index (κ1) is 15.5. The summed E-state index contributed by atoms with van der Waals surface area (Å²) in [5.74, 6) is 2.10. The van der Waals surface area contributed by atoms with Crippen LogP contribution >= 0.6 is 0 Å². The van der Waals surface area contributed by atoms with E-state index in [2.05, 4.69) is 44.0 Å². The number of hydrogen-bond acceptors (Lipinski definition) is 4. The fourth-order valence-corrected chi connectivity index (χ4v) is 2.38. The zero-order valence-corrected chi connectivity index (χ0v) is 13.3. The minimum Gasteiger partial charge on any atom is -0.465 e. The first-order chi connectivity index (χ1) is 9.44. The van der Waals surface area contributed by atoms with Crippen molar-refractivity contribution >= 4 is 0 Å². The second-order valence-electron chi connectivity index (χ2n) is 6.64. The Morgan fingerprint density at radius 3 is 2.80 bits per heavy atom. The average Bonchev–Trinajstić information content (AvgIpc) is 2.55. The lowest BCUT2D eigenvalue weighted by Gasteiger charge is -2.20. The molecule has 2 rings (SSSR count). The van der Waals surface area contributed by atoms with E-state index in [4.69, 9.17) is 9.15 Å². The smallest absolute Gasteiger partial charge is 0.118 e. The molecule has 1 aliphatic heterocycles. The highest BCUT2D eigenvalue weighted by atomic mass is 16.5. The van der Waals surface area contributed by atoms with Gasteiger partial charge in [-0.05, 0) is 40.2 Å². The highest BCUT2D eigenvalue weighted by Gasteiger charge is 2.15. The van der Waals surface area contributed by atoms with Gasteiger partial charge in [0, 0.05) is 37.3 Å². The molecule has 1 aromatic heterocycles. The van der Waals surface area contributed by atoms with E-state index in [0.29, 0.717) is 0 Å². The van der Waals surface area contributed by atoms with Gasteiger partial charge in [0.15, 0.2) is 0 Å². The molecule has 2 heterocycles. The summed E-state index contributed by atoms with van der Waals surface area (Å²) >= 11 is 0. The Morgan fingerprint density at radius 1 is 1.25 bits per heavy atom. The third-order valence-corrected chi connectivity index (χ3v) is 3.58. The van der Waals surface area contributed by atoms with E-state index in [1.54, 1.807) is 0 Å². The monoisotopic (exact) mass is 280 g/mol. The number of rotatable bonds is 4. The Kier molecular flexibility index (Phi) is 5.24. The Labute approximate surface area is 122 Å². The third-order valence-electron chi connectivity index (χ3n) is 3.58. The maximum absolute atomic E-state index is 5.90. The molecule has 0 spiro atoms. The molecule has 0 aromatic carbocycles. The van der Waals surface area contributed by atoms with Gasteiger partial charge in [0.1, 0.15) is 11.5 Å². The zero-order valence-electron chi connectivity index (χ0n) is 13.3. The van der Waals surface area contributed by atoms with Crippen molar-refractivity contribution in [3.05, 3.63) is 23.2 Å². The summed E-state index contributed by atoms with van der Waals surface area (Å²) in [6.07, 6.45) is 1.11. The molecule has 0 saturated carbocycles. The molecule has 4 heteroatoms. The summed E-state index contributed by atoms with van der Waals surface area (Å²) in [7, 11) is 0. The summed E-state index contributed by atoms with van der Waals surface area (Å²) in [5, 5.41) is 3.51. The molecular weight excluding hydrogens is 252 g/mol. The summed E-state index contributed by atoms with van der Waals surface area (Å²) < 4.78 is 11.4. The lowest BCUT2D eigenvalue weighted by atomic mass is 10.1. The molecule has 1 aromatic rings. The van der Waals surface area contributed by atoms with Gasteiger partial charge in [0.05, 0.1) is 13.2 Å². The van der Waals surface area contributed by atoms with Gasteiger partial charge >= 0.3 is 0 Å². The van der Waals surface area contributed by atoms with Gasteiger partial charge in [-0.1, -0.05) is 0 Å². The van der Waals surface area contributed by atoms with Crippen molar-refractivity contribution in [2.24, 2.45) is 0 Å². The normalized spacial score (nSPS) is 18.2. The van der Waals surface area contributed by atoms with Crippen LogP contribution in [0.3, 0.4) is 0 Å². The number of nitrogens with one attached hydrogen (secondary N) is 1. The number of nitrogens with zero attached hydrogens (tertiary/aromatic N) is 1. The highest BCUT2D eigenvalue weighted by molar-refractivity contribution is 5.21. The van der Waals surface area contributed by atoms with E-state index in [1.165, 1.54) is 5.56 Å². The van der Waals surface area contributed by atoms with Crippen LogP contribution in [0.5, 0.6) is 0 Å². The zero-order chi connectivity index (χ0) is 14.6. The first-order valence-electron chi connectivity index (χ1n) is 7.57. The second-order valence-corrected chi connectivity index (χ2v) is 6.64. The Balaban J connectivity index is 1.92. The molecule has 0 amide bonds. The van der Waals surface area contributed by atoms with E-state index >= 15 is 0 Å². The van der Waals surface area contributed by atoms with Crippen molar-refractivity contribution in [2.45, 2.75) is 52.7 Å². The minimum absolute atomic E-state index is 0.131. The van der Waals surface area contributed by atoms with Gasteiger partial charge in [-0.3, -0.25) is 4.90 Å². The Morgan fingerprint density at radius 2 is 2.05 bits per heavy atom. The van der Waals surface area contributed by atoms with Crippen LogP contribution in [0.4, 0.5) is 0 Å². The fraction of sp³-hybridized carbons (Fsp3) is 0.750. The van der Waals surface area contributed by atoms with E-state index in [9.17, 15) is 0 Å². The van der Waals surface area contributed by atoms with E-state index < -0.39 is 0 Å². The van der Waals surface area contributed by atoms with E-state index in [0.717, 1.165) is 57.3 Å². The SMILES string of the molecule is Cc1oc(CN2CCCOCC2)cc1CNC(C)(C)C. The van der Waals surface area contributed by atoms with Crippen LogP contribution in [0.2, 0.25) is 0 Å². The molecule has 0 aliphatic carbocycles. The molecule has 0 atom stereocenters. The molecule has 1 aliphatic rings. The molecule has 4 nitrogen and oxygen atoms in total. The third kappa shape index (κ3) is 4.93. The highest BCUT2D eigenvalue weighted by Crippen LogP contribution is 2.18. The van der Waals surface area contributed by atoms with Crippen molar-refractivity contribution in [1.82, 2.24) is 10.2 Å². The van der Waals surface area contributed by atoms with Gasteiger partial charge in [-0.25, -0.2) is 0 Å². The number of furan rings is 1. The molecule has 1 fully saturated rings. The van der Waals surface area contributed by atoms with Crippen LogP contribution < -0.4 is 5.32 Å². The first-order valence-corrected chi connectivity index (χ1v) is 7.57. The number of aryl methyl sites for hydroxylation is 1. The van der Waals surface area contributed by atoms with Gasteiger partial charge < -0.3 is 14.5 Å². The molecule has 0 bridgehead atoms. The largest absolute Gasteiger partial charge is 0.465 e. The lowest BCUT2D eigenvalue weighted by molar-refractivity contribution is 0.139. The number of ether oxygens (including phenoxy) is 1. The lowest BCUT2D eigenvalue weighted by Crippen LogP contribution is -2.35. The van der Waals surface area contributed by atoms with E-state index in [1.807, 2.05) is 0 Å². The standard InChI is InChI=1S/C16H28N2O2/c1-13-14(11-17-16(2,3)4)10-15(20-13)12-18-6-5-8-19-9-7-18/h10,17H,5-9,11-12H2,1-4H3. The topological polar surface area (TPSA) is 37.6 Å². The van der Waals surface area contributed by atoms with Crippen LogP contribution in [-0.2, 0) is 17.8 Å². The molecule has 114 valence electrons. The van der Waals surface area contributed by atoms with Crippen LogP contribution in [0, 0.1) is 6.92 Å². The predicted octanol–water partition coefficient (Wildman–Crippen LogP) is 2.70. The average molecular weight is 280 g/mol. The van der Waals surface area contributed by atoms with Crippen LogP contribution in [0.15, 0.2) is 10.5 Å². The Hall–Kier alpha value is -0.840. The second kappa shape index (κ2) is 6.74. The summed E-state index contributed by atoms with van der Waals surface area (Å²) in [5.41, 5.74) is 1.40. The molecule has 0 radical (unpaired) electrons. The van der Waals surface area contributed by atoms with Crippen molar-refractivity contribution in [1.29, 1.82) is 0 Å². The van der Waals surface area contributed by atoms with Crippen LogP contribution in [0.1, 0.15) is 44.3 Å². The van der Waals surface area contributed by atoms with Crippen molar-refractivity contribution < 1.29 is 9.15 Å². The van der Waals surface area contributed by atoms with Crippen molar-refractivity contribution in [3.63, 3.8) is 0 Å². The maximum atomic E-state index is 5.90. The van der Waals surface area contributed by atoms with Crippen LogP contribution in [-0.4, -0.2) is 36.7 Å². The molecule has 0 unspecified atom stereocenters. The molecule has 1 N–H and O–H groups in total. The van der Waals surface area contributed by atoms with Crippen molar-refractivity contribution in [2.75, 3.05) is 26.3 Å². The van der Waals surface area contributed by atoms with Gasteiger partial charge in [0.2, 0.25) is 0 Å². The summed E-state index contributed by atoms with van der Waals surface area (Å²) in [6, 6.07) is 2.19. The predicted molar refractivity (Wildman–Crippen MR) is 80.8 cm³/mol. The molecular formula is C16H28N2O2. The minimum atomic E-state index is 0.131. The fourth-order valence-electron chi connectivity index (χ4n) is 2.38. The van der Waals surface area contributed by atoms with Gasteiger partial charge in [-0.2, -0.15) is 0 Å². The molecule has 20 heavy (non-hydrogen) atoms. The van der Waals surface area contributed by atoms with Gasteiger partial charge in [-0.15, -0.1) is 0 Å². The summed E-state index contributed by atoms with van der Waals surface area (Å²) in [6.45, 7) is 14.1. The van der Waals surface area contributed by atoms with Gasteiger partial charge in [0.25, 0.3) is 0 Å². The molecule has 1 saturated heterocycles. The van der Waals surface area contributed by atoms with Crippen LogP contribution in [0.25, 0.3) is 0 Å². The Bertz CT molecular complexity index is 413. The van der Waals surface area contributed by atoms with E-state index in [-0.39, 0.29) is 5.54 Å². The summed E-state index contributed by atoms with van der Waals surface area (Å²) in [4.78, 5) is 2.41. The number of hydrogen-bond donors (Lipinski definition) is 1. The van der Waals surface area contributed by atoms with Crippen molar-refractivity contribution in [3.8, 4) is 0 Å². The quantitative estimate of drug-likeness (QED) is 0.920.